The van der Waals surface area contributed by atoms with Gasteiger partial charge in [-0.15, -0.1) is 11.3 Å². The van der Waals surface area contributed by atoms with Gasteiger partial charge in [-0.25, -0.2) is 0 Å². The molecule has 0 fully saturated rings. The first-order chi connectivity index (χ1) is 10.0. The molecule has 0 saturated carbocycles. The lowest BCUT2D eigenvalue weighted by molar-refractivity contribution is 0.418. The molecule has 0 aliphatic rings. The van der Waals surface area contributed by atoms with Gasteiger partial charge in [0, 0.05) is 20.8 Å². The van der Waals surface area contributed by atoms with Crippen molar-refractivity contribution in [1.29, 1.82) is 0 Å². The Morgan fingerprint density at radius 2 is 1.95 bits per heavy atom. The molecule has 1 N–H and O–H groups in total. The molecule has 0 amide bonds. The first-order valence-electron chi connectivity index (χ1n) is 7.62. The molecular weight excluding hydrogens is 298 g/mol. The molecule has 1 unspecified atom stereocenters. The van der Waals surface area contributed by atoms with Crippen molar-refractivity contribution in [2.75, 3.05) is 6.54 Å². The van der Waals surface area contributed by atoms with Gasteiger partial charge < -0.3 is 5.32 Å². The van der Waals surface area contributed by atoms with E-state index >= 15 is 0 Å². The summed E-state index contributed by atoms with van der Waals surface area (Å²) < 4.78 is 0. The first kappa shape index (κ1) is 16.5. The van der Waals surface area contributed by atoms with Crippen molar-refractivity contribution in [2.45, 2.75) is 40.2 Å². The van der Waals surface area contributed by atoms with Crippen molar-refractivity contribution in [1.82, 2.24) is 5.32 Å². The average molecular weight is 322 g/mol. The van der Waals surface area contributed by atoms with Gasteiger partial charge in [0.05, 0.1) is 0 Å². The van der Waals surface area contributed by atoms with Crippen LogP contribution in [0.25, 0.3) is 10.4 Å². The van der Waals surface area contributed by atoms with E-state index in [1.54, 1.807) is 0 Å². The van der Waals surface area contributed by atoms with Crippen LogP contribution in [0.4, 0.5) is 0 Å². The second kappa shape index (κ2) is 7.44. The molecule has 0 aliphatic carbocycles. The number of halogens is 1. The molecule has 0 aliphatic heterocycles. The molecule has 0 radical (unpaired) electrons. The normalized spacial score (nSPS) is 12.9. The minimum absolute atomic E-state index is 0.435. The number of hydrogen-bond acceptors (Lipinski definition) is 2. The van der Waals surface area contributed by atoms with Gasteiger partial charge in [-0.05, 0) is 55.1 Å². The minimum atomic E-state index is 0.435. The second-order valence-electron chi connectivity index (χ2n) is 5.84. The second-order valence-corrected chi connectivity index (χ2v) is 7.36. The van der Waals surface area contributed by atoms with E-state index in [0.29, 0.717) is 12.0 Å². The topological polar surface area (TPSA) is 12.0 Å². The summed E-state index contributed by atoms with van der Waals surface area (Å²) in [4.78, 5) is 2.70. The van der Waals surface area contributed by atoms with Crippen molar-refractivity contribution < 1.29 is 0 Å². The largest absolute Gasteiger partial charge is 0.309 e. The van der Waals surface area contributed by atoms with E-state index in [1.807, 2.05) is 18.3 Å². The Morgan fingerprint density at radius 3 is 2.57 bits per heavy atom. The molecule has 114 valence electrons. The van der Waals surface area contributed by atoms with Crippen LogP contribution in [0, 0.1) is 12.8 Å². The van der Waals surface area contributed by atoms with Crippen molar-refractivity contribution in [3.8, 4) is 10.4 Å². The molecule has 0 saturated heterocycles. The first-order valence-corrected chi connectivity index (χ1v) is 8.82. The van der Waals surface area contributed by atoms with Gasteiger partial charge in [-0.2, -0.15) is 0 Å². The summed E-state index contributed by atoms with van der Waals surface area (Å²) in [5.74, 6) is 0.588. The number of aryl methyl sites for hydroxylation is 1. The highest BCUT2D eigenvalue weighted by atomic mass is 35.5. The van der Waals surface area contributed by atoms with Gasteiger partial charge in [0.1, 0.15) is 0 Å². The molecule has 21 heavy (non-hydrogen) atoms. The van der Waals surface area contributed by atoms with Gasteiger partial charge in [-0.1, -0.05) is 44.5 Å². The molecular formula is C18H24ClNS. The van der Waals surface area contributed by atoms with Gasteiger partial charge in [-0.3, -0.25) is 0 Å². The molecule has 0 bridgehead atoms. The van der Waals surface area contributed by atoms with Crippen LogP contribution in [0.15, 0.2) is 30.3 Å². The summed E-state index contributed by atoms with van der Waals surface area (Å²) in [5, 5.41) is 4.49. The zero-order valence-corrected chi connectivity index (χ0v) is 14.8. The molecule has 1 aromatic heterocycles. The van der Waals surface area contributed by atoms with E-state index in [0.717, 1.165) is 23.6 Å². The minimum Gasteiger partial charge on any atom is -0.309 e. The predicted octanol–water partition coefficient (Wildman–Crippen LogP) is 6.07. The third-order valence-corrected chi connectivity index (χ3v) is 5.30. The highest BCUT2D eigenvalue weighted by molar-refractivity contribution is 7.15. The predicted molar refractivity (Wildman–Crippen MR) is 95.4 cm³/mol. The summed E-state index contributed by atoms with van der Waals surface area (Å²) in [7, 11) is 0. The Hall–Kier alpha value is -0.830. The van der Waals surface area contributed by atoms with Crippen molar-refractivity contribution in [3.05, 3.63) is 45.8 Å². The Kier molecular flexibility index (Phi) is 5.86. The zero-order chi connectivity index (χ0) is 15.4. The van der Waals surface area contributed by atoms with Gasteiger partial charge >= 0.3 is 0 Å². The van der Waals surface area contributed by atoms with Crippen LogP contribution in [0.3, 0.4) is 0 Å². The fourth-order valence-corrected chi connectivity index (χ4v) is 3.82. The van der Waals surface area contributed by atoms with Crippen LogP contribution in [0.5, 0.6) is 0 Å². The number of hydrogen-bond donors (Lipinski definition) is 1. The number of nitrogens with one attached hydrogen (secondary N) is 1. The van der Waals surface area contributed by atoms with E-state index in [9.17, 15) is 0 Å². The highest BCUT2D eigenvalue weighted by Gasteiger charge is 2.17. The summed E-state index contributed by atoms with van der Waals surface area (Å²) in [6.45, 7) is 9.85. The van der Waals surface area contributed by atoms with Gasteiger partial charge in [0.25, 0.3) is 0 Å². The van der Waals surface area contributed by atoms with Crippen molar-refractivity contribution in [2.24, 2.45) is 5.92 Å². The monoisotopic (exact) mass is 321 g/mol. The SMILES string of the molecule is CCCNC(c1ccc(-c2ccc(C)c(Cl)c2)s1)C(C)C. The maximum absolute atomic E-state index is 6.24. The maximum Gasteiger partial charge on any atom is 0.0441 e. The summed E-state index contributed by atoms with van der Waals surface area (Å²) in [6.07, 6.45) is 1.16. The molecule has 1 aromatic carbocycles. The fraction of sp³-hybridized carbons (Fsp3) is 0.444. The van der Waals surface area contributed by atoms with E-state index in [-0.39, 0.29) is 0 Å². The quantitative estimate of drug-likeness (QED) is 0.680. The lowest BCUT2D eigenvalue weighted by Crippen LogP contribution is -2.25. The van der Waals surface area contributed by atoms with Crippen LogP contribution in [0.2, 0.25) is 5.02 Å². The maximum atomic E-state index is 6.24. The van der Waals surface area contributed by atoms with Crippen LogP contribution in [-0.4, -0.2) is 6.54 Å². The molecule has 1 heterocycles. The molecule has 2 rings (SSSR count). The number of rotatable bonds is 6. The Balaban J connectivity index is 2.25. The molecule has 3 heteroatoms. The van der Waals surface area contributed by atoms with Crippen LogP contribution in [0.1, 0.15) is 43.7 Å². The zero-order valence-electron chi connectivity index (χ0n) is 13.2. The Morgan fingerprint density at radius 1 is 1.19 bits per heavy atom. The summed E-state index contributed by atoms with van der Waals surface area (Å²) >= 11 is 8.11. The van der Waals surface area contributed by atoms with E-state index < -0.39 is 0 Å². The number of thiophene rings is 1. The van der Waals surface area contributed by atoms with Gasteiger partial charge in [0.2, 0.25) is 0 Å². The summed E-state index contributed by atoms with van der Waals surface area (Å²) in [6, 6.07) is 11.2. The van der Waals surface area contributed by atoms with Crippen molar-refractivity contribution in [3.63, 3.8) is 0 Å². The van der Waals surface area contributed by atoms with Crippen molar-refractivity contribution >= 4 is 22.9 Å². The molecule has 1 atom stereocenters. The smallest absolute Gasteiger partial charge is 0.0441 e. The molecule has 2 aromatic rings. The van der Waals surface area contributed by atoms with E-state index in [4.69, 9.17) is 11.6 Å². The average Bonchev–Trinajstić information content (AvgIpc) is 2.91. The third-order valence-electron chi connectivity index (χ3n) is 3.67. The molecule has 0 spiro atoms. The lowest BCUT2D eigenvalue weighted by atomic mass is 10.0. The Bertz CT molecular complexity index is 589. The lowest BCUT2D eigenvalue weighted by Gasteiger charge is -2.20. The van der Waals surface area contributed by atoms with Crippen LogP contribution >= 0.6 is 22.9 Å². The fourth-order valence-electron chi connectivity index (χ4n) is 2.39. The number of benzene rings is 1. The third kappa shape index (κ3) is 4.09. The van der Waals surface area contributed by atoms with E-state index in [2.05, 4.69) is 56.4 Å². The summed E-state index contributed by atoms with van der Waals surface area (Å²) in [5.41, 5.74) is 2.33. The highest BCUT2D eigenvalue weighted by Crippen LogP contribution is 2.35. The van der Waals surface area contributed by atoms with Crippen LogP contribution in [-0.2, 0) is 0 Å². The van der Waals surface area contributed by atoms with E-state index in [1.165, 1.54) is 15.3 Å². The standard InChI is InChI=1S/C18H24ClNS/c1-5-10-20-18(12(2)3)17-9-8-16(21-17)14-7-6-13(4)15(19)11-14/h6-9,11-12,18,20H,5,10H2,1-4H3. The Labute approximate surface area is 137 Å². The van der Waals surface area contributed by atoms with Gasteiger partial charge in [0.15, 0.2) is 0 Å². The molecule has 1 nitrogen and oxygen atoms in total. The van der Waals surface area contributed by atoms with Crippen LogP contribution < -0.4 is 5.32 Å².